The molecule has 0 atom stereocenters. The van der Waals surface area contributed by atoms with Crippen LogP contribution in [-0.2, 0) is 14.5 Å². The second kappa shape index (κ2) is 19.9. The van der Waals surface area contributed by atoms with Crippen molar-refractivity contribution in [2.45, 2.75) is 10.4 Å². The quantitative estimate of drug-likeness (QED) is 0.146. The molecule has 2 rings (SSSR count). The molecule has 1 aromatic carbocycles. The van der Waals surface area contributed by atoms with E-state index in [1.165, 1.54) is 6.07 Å². The fourth-order valence-electron chi connectivity index (χ4n) is 1.82. The maximum absolute atomic E-state index is 10.8. The molecule has 0 amide bonds. The van der Waals surface area contributed by atoms with Crippen molar-refractivity contribution in [3.63, 3.8) is 0 Å². The Morgan fingerprint density at radius 1 is 1.20 bits per heavy atom. The van der Waals surface area contributed by atoms with Crippen molar-refractivity contribution < 1.29 is 22.9 Å². The highest BCUT2D eigenvalue weighted by atomic mass is 128. The number of hydrogen-bond acceptors (Lipinski definition) is 10. The van der Waals surface area contributed by atoms with E-state index in [-0.39, 0.29) is 35.2 Å². The number of benzene rings is 1. The zero-order valence-electron chi connectivity index (χ0n) is 15.6. The summed E-state index contributed by atoms with van der Waals surface area (Å²) in [7, 11) is 0.228. The molecule has 0 radical (unpaired) electrons. The van der Waals surface area contributed by atoms with Crippen LogP contribution in [0, 0.1) is 15.5 Å². The van der Waals surface area contributed by atoms with Crippen LogP contribution in [-0.4, -0.2) is 55.2 Å². The summed E-state index contributed by atoms with van der Waals surface area (Å²) in [4.78, 5) is 15.3. The first kappa shape index (κ1) is 36.1. The first-order valence-electron chi connectivity index (χ1n) is 6.97. The van der Waals surface area contributed by atoms with Gasteiger partial charge in [0.1, 0.15) is 0 Å². The fraction of sp³-hybridized carbons (Fsp3) is 0.308. The van der Waals surface area contributed by atoms with Crippen molar-refractivity contribution in [3.8, 4) is 0 Å². The van der Waals surface area contributed by atoms with E-state index >= 15 is 0 Å². The third-order valence-corrected chi connectivity index (χ3v) is 4.60. The molecule has 0 bridgehead atoms. The van der Waals surface area contributed by atoms with Crippen LogP contribution >= 0.6 is 110 Å². The van der Waals surface area contributed by atoms with Crippen molar-refractivity contribution in [1.29, 1.82) is 5.41 Å². The van der Waals surface area contributed by atoms with Crippen LogP contribution in [0.25, 0.3) is 0 Å². The monoisotopic (exact) mass is 1020 g/mol. The minimum Gasteiger partial charge on any atom is -0.707 e. The van der Waals surface area contributed by atoms with Gasteiger partial charge in [0.15, 0.2) is 5.50 Å². The number of halogens is 5. The van der Waals surface area contributed by atoms with E-state index in [1.54, 1.807) is 23.9 Å². The number of rotatable bonds is 5. The lowest BCUT2D eigenvalue weighted by molar-refractivity contribution is -0.634. The molecule has 0 aliphatic carbocycles. The van der Waals surface area contributed by atoms with E-state index in [0.717, 1.165) is 11.1 Å². The van der Waals surface area contributed by atoms with Gasteiger partial charge in [0.2, 0.25) is 0 Å². The van der Waals surface area contributed by atoms with Crippen molar-refractivity contribution in [2.75, 3.05) is 20.4 Å². The average molecular weight is 1020 g/mol. The lowest BCUT2D eigenvalue weighted by Crippen LogP contribution is -2.30. The Bertz CT molecular complexity index is 775. The summed E-state index contributed by atoms with van der Waals surface area (Å²) in [5, 5.41) is 26.9. The van der Waals surface area contributed by atoms with Crippen LogP contribution in [0.4, 0.5) is 5.69 Å². The van der Waals surface area contributed by atoms with Crippen LogP contribution in [0.5, 0.6) is 0 Å². The largest absolute Gasteiger partial charge is 0.707 e. The Hall–Kier alpha value is 1.50. The lowest BCUT2D eigenvalue weighted by Gasteiger charge is -2.26. The van der Waals surface area contributed by atoms with Gasteiger partial charge in [-0.15, -0.1) is 24.0 Å². The fourth-order valence-corrected chi connectivity index (χ4v) is 2.88. The van der Waals surface area contributed by atoms with Gasteiger partial charge in [0, 0.05) is 118 Å². The molecular formula is C13H18I5N4O6S2-. The Morgan fingerprint density at radius 2 is 1.63 bits per heavy atom. The van der Waals surface area contributed by atoms with E-state index < -0.39 is 15.0 Å². The number of nitro groups is 1. The van der Waals surface area contributed by atoms with E-state index in [4.69, 9.17) is 10.7 Å². The van der Waals surface area contributed by atoms with Crippen molar-refractivity contribution in [1.82, 2.24) is 9.80 Å². The molecule has 1 aliphatic heterocycles. The molecule has 1 aliphatic rings. The third kappa shape index (κ3) is 14.6. The Morgan fingerprint density at radius 3 is 1.97 bits per heavy atom. The minimum absolute atomic E-state index is 0. The maximum Gasteiger partial charge on any atom is 0.278 e. The predicted octanol–water partition coefficient (Wildman–Crippen LogP) is 4.72. The van der Waals surface area contributed by atoms with Gasteiger partial charge in [-0.05, 0) is 12.1 Å². The molecular weight excluding hydrogens is 1010 g/mol. The van der Waals surface area contributed by atoms with E-state index in [1.807, 2.05) is 26.5 Å². The van der Waals surface area contributed by atoms with Gasteiger partial charge in [-0.3, -0.25) is 10.1 Å². The van der Waals surface area contributed by atoms with Crippen LogP contribution < -0.4 is 5.26 Å². The lowest BCUT2D eigenvalue weighted by atomic mass is 10.2. The molecule has 1 heterocycles. The van der Waals surface area contributed by atoms with Crippen LogP contribution in [0.1, 0.15) is 5.56 Å². The van der Waals surface area contributed by atoms with Crippen LogP contribution in [0.2, 0.25) is 0 Å². The Labute approximate surface area is 243 Å². The minimum atomic E-state index is -3.72. The van der Waals surface area contributed by atoms with Gasteiger partial charge in [0.25, 0.3) is 15.8 Å². The standard InChI is InChI=1S/C12H14N4O2S.CH4O4S.2I2.HI/c1-14-5-6-15(2)12(14)19-10-3-4-11(16(17)18)9(7-10)8-13;1-6(3,4)5-2;2*1-2;/h3-8,12-13H,1-2H3;2H,1H3;;;1H/p-1. The van der Waals surface area contributed by atoms with E-state index in [9.17, 15) is 18.5 Å². The SMILES string of the molecule is CN1C=CN(C)C1Sc1ccc([N+](=O)[O-])c(C=N)c1.CS(=O)(=O)O[O-].I.II.II. The summed E-state index contributed by atoms with van der Waals surface area (Å²) in [6, 6.07) is 4.84. The van der Waals surface area contributed by atoms with Crippen molar-refractivity contribution in [2.24, 2.45) is 0 Å². The van der Waals surface area contributed by atoms with Gasteiger partial charge in [-0.2, -0.15) is 0 Å². The summed E-state index contributed by atoms with van der Waals surface area (Å²) >= 11 is 10.1. The summed E-state index contributed by atoms with van der Waals surface area (Å²) in [5.41, 5.74) is 0.414. The van der Waals surface area contributed by atoms with Gasteiger partial charge in [0.05, 0.1) is 16.7 Å². The molecule has 0 spiro atoms. The van der Waals surface area contributed by atoms with Gasteiger partial charge < -0.3 is 24.8 Å². The second-order valence-corrected chi connectivity index (χ2v) is 7.64. The van der Waals surface area contributed by atoms with Crippen LogP contribution in [0.3, 0.4) is 0 Å². The maximum atomic E-state index is 10.8. The number of nitro benzene ring substituents is 1. The highest BCUT2D eigenvalue weighted by molar-refractivity contribution is 15.0. The number of hydrogen-bond donors (Lipinski definition) is 1. The molecule has 0 saturated carbocycles. The van der Waals surface area contributed by atoms with Crippen molar-refractivity contribution >= 4 is 132 Å². The summed E-state index contributed by atoms with van der Waals surface area (Å²) in [5.74, 6) is 0. The number of thioether (sulfide) groups is 1. The molecule has 174 valence electrons. The van der Waals surface area contributed by atoms with Gasteiger partial charge >= 0.3 is 0 Å². The topological polar surface area (TPSA) is 140 Å². The zero-order valence-corrected chi connectivity index (χ0v) is 28.2. The molecule has 0 unspecified atom stereocenters. The molecule has 30 heavy (non-hydrogen) atoms. The first-order chi connectivity index (χ1) is 13.6. The molecule has 0 aromatic heterocycles. The predicted molar refractivity (Wildman–Crippen MR) is 163 cm³/mol. The summed E-state index contributed by atoms with van der Waals surface area (Å²) in [6.07, 6.45) is 5.64. The van der Waals surface area contributed by atoms with E-state index in [0.29, 0.717) is 11.8 Å². The molecule has 1 N–H and O–H groups in total. The highest BCUT2D eigenvalue weighted by Crippen LogP contribution is 2.32. The smallest absolute Gasteiger partial charge is 0.278 e. The normalized spacial score (nSPS) is 12.3. The third-order valence-electron chi connectivity index (χ3n) is 2.95. The molecule has 0 fully saturated rings. The van der Waals surface area contributed by atoms with E-state index in [2.05, 4.69) is 88.6 Å². The number of nitrogens with one attached hydrogen (secondary N) is 1. The summed E-state index contributed by atoms with van der Waals surface area (Å²) < 4.78 is 21.6. The first-order valence-corrected chi connectivity index (χ1v) is 22.2. The molecule has 1 aromatic rings. The number of nitrogens with zero attached hydrogens (tertiary/aromatic N) is 3. The van der Waals surface area contributed by atoms with Crippen molar-refractivity contribution in [3.05, 3.63) is 46.3 Å². The van der Waals surface area contributed by atoms with Gasteiger partial charge in [-0.25, -0.2) is 8.42 Å². The summed E-state index contributed by atoms with van der Waals surface area (Å²) in [6.45, 7) is 0. The average Bonchev–Trinajstić information content (AvgIpc) is 3.02. The Kier molecular flexibility index (Phi) is 24.0. The Balaban J connectivity index is -0.000000566. The highest BCUT2D eigenvalue weighted by Gasteiger charge is 2.22. The van der Waals surface area contributed by atoms with Crippen LogP contribution in [0.15, 0.2) is 35.5 Å². The van der Waals surface area contributed by atoms with Gasteiger partial charge in [-0.1, -0.05) is 11.8 Å². The molecule has 17 heteroatoms. The second-order valence-electron chi connectivity index (χ2n) is 4.97. The zero-order chi connectivity index (χ0) is 23.2. The molecule has 0 saturated heterocycles. The molecule has 10 nitrogen and oxygen atoms in total.